The SMILES string of the molecule is CCN(CC)c1ccc(C=C2SC(=S)N(C)C2=O)c(OCc2ccc(Cl)cc2Cl)c1. The lowest BCUT2D eigenvalue weighted by Gasteiger charge is -2.22. The van der Waals surface area contributed by atoms with Crippen LogP contribution in [-0.2, 0) is 11.4 Å². The Labute approximate surface area is 196 Å². The lowest BCUT2D eigenvalue weighted by Crippen LogP contribution is -2.22. The normalized spacial score (nSPS) is 15.2. The van der Waals surface area contributed by atoms with Crippen molar-refractivity contribution in [2.24, 2.45) is 0 Å². The lowest BCUT2D eigenvalue weighted by atomic mass is 10.1. The number of amides is 1. The zero-order chi connectivity index (χ0) is 21.8. The first kappa shape index (κ1) is 22.9. The number of anilines is 1. The van der Waals surface area contributed by atoms with Crippen LogP contribution in [0, 0.1) is 0 Å². The summed E-state index contributed by atoms with van der Waals surface area (Å²) in [6, 6.07) is 11.3. The fraction of sp³-hybridized carbons (Fsp3) is 0.273. The summed E-state index contributed by atoms with van der Waals surface area (Å²) in [4.78, 5) is 16.7. The van der Waals surface area contributed by atoms with Gasteiger partial charge in [-0.05, 0) is 44.2 Å². The molecule has 1 heterocycles. The van der Waals surface area contributed by atoms with Crippen LogP contribution in [0.25, 0.3) is 6.08 Å². The number of carbonyl (C=O) groups excluding carboxylic acids is 1. The van der Waals surface area contributed by atoms with Crippen LogP contribution in [0.4, 0.5) is 5.69 Å². The second-order valence-electron chi connectivity index (χ2n) is 6.66. The van der Waals surface area contributed by atoms with Crippen LogP contribution >= 0.6 is 47.2 Å². The van der Waals surface area contributed by atoms with E-state index in [-0.39, 0.29) is 12.5 Å². The van der Waals surface area contributed by atoms with Crippen molar-refractivity contribution in [1.82, 2.24) is 4.90 Å². The van der Waals surface area contributed by atoms with Crippen LogP contribution in [-0.4, -0.2) is 35.3 Å². The lowest BCUT2D eigenvalue weighted by molar-refractivity contribution is -0.121. The molecule has 1 amide bonds. The fourth-order valence-corrected chi connectivity index (χ4v) is 4.67. The molecule has 2 aromatic rings. The van der Waals surface area contributed by atoms with E-state index in [1.807, 2.05) is 30.3 Å². The molecule has 1 aliphatic rings. The Bertz CT molecular complexity index is 1010. The first-order valence-electron chi connectivity index (χ1n) is 9.51. The minimum atomic E-state index is -0.107. The van der Waals surface area contributed by atoms with Crippen molar-refractivity contribution in [3.63, 3.8) is 0 Å². The zero-order valence-electron chi connectivity index (χ0n) is 16.9. The highest BCUT2D eigenvalue weighted by molar-refractivity contribution is 8.26. The van der Waals surface area contributed by atoms with Gasteiger partial charge in [-0.15, -0.1) is 0 Å². The van der Waals surface area contributed by atoms with Crippen molar-refractivity contribution < 1.29 is 9.53 Å². The molecule has 0 N–H and O–H groups in total. The predicted molar refractivity (Wildman–Crippen MR) is 132 cm³/mol. The third-order valence-electron chi connectivity index (χ3n) is 4.80. The number of halogens is 2. The summed E-state index contributed by atoms with van der Waals surface area (Å²) in [6.07, 6.45) is 1.83. The Kier molecular flexibility index (Phi) is 7.69. The van der Waals surface area contributed by atoms with E-state index in [0.29, 0.717) is 25.0 Å². The van der Waals surface area contributed by atoms with Crippen LogP contribution in [0.1, 0.15) is 25.0 Å². The van der Waals surface area contributed by atoms with Gasteiger partial charge in [0.15, 0.2) is 0 Å². The van der Waals surface area contributed by atoms with Gasteiger partial charge in [0, 0.05) is 53.1 Å². The first-order valence-corrected chi connectivity index (χ1v) is 11.5. The van der Waals surface area contributed by atoms with E-state index in [0.717, 1.165) is 29.9 Å². The Morgan fingerprint density at radius 3 is 2.50 bits per heavy atom. The van der Waals surface area contributed by atoms with E-state index in [2.05, 4.69) is 18.7 Å². The maximum Gasteiger partial charge on any atom is 0.265 e. The third-order valence-corrected chi connectivity index (χ3v) is 6.87. The van der Waals surface area contributed by atoms with Gasteiger partial charge in [-0.25, -0.2) is 0 Å². The Hall–Kier alpha value is -1.73. The topological polar surface area (TPSA) is 32.8 Å². The molecule has 0 atom stereocenters. The largest absolute Gasteiger partial charge is 0.488 e. The molecule has 3 rings (SSSR count). The van der Waals surface area contributed by atoms with Gasteiger partial charge < -0.3 is 9.64 Å². The Morgan fingerprint density at radius 2 is 1.90 bits per heavy atom. The van der Waals surface area contributed by atoms with Crippen LogP contribution in [0.3, 0.4) is 0 Å². The number of thiocarbonyl (C=S) groups is 1. The van der Waals surface area contributed by atoms with Crippen LogP contribution < -0.4 is 9.64 Å². The molecule has 0 aromatic heterocycles. The van der Waals surface area contributed by atoms with Gasteiger partial charge in [0.2, 0.25) is 0 Å². The predicted octanol–water partition coefficient (Wildman–Crippen LogP) is 6.25. The standard InChI is InChI=1S/C22H22Cl2N2O2S2/c1-4-26(5-2)17-9-7-14(10-20-21(27)25(3)22(29)30-20)19(12-17)28-13-15-6-8-16(23)11-18(15)24/h6-12H,4-5,13H2,1-3H3. The second-order valence-corrected chi connectivity index (χ2v) is 9.18. The van der Waals surface area contributed by atoms with Crippen LogP contribution in [0.15, 0.2) is 41.3 Å². The molecule has 1 fully saturated rings. The van der Waals surface area contributed by atoms with E-state index >= 15 is 0 Å². The molecule has 8 heteroatoms. The quantitative estimate of drug-likeness (QED) is 0.345. The molecule has 0 radical (unpaired) electrons. The molecular weight excluding hydrogens is 459 g/mol. The highest BCUT2D eigenvalue weighted by Gasteiger charge is 2.29. The minimum absolute atomic E-state index is 0.107. The molecular formula is C22H22Cl2N2O2S2. The number of likely N-dealkylation sites (N-methyl/N-ethyl adjacent to an activating group) is 1. The smallest absolute Gasteiger partial charge is 0.265 e. The van der Waals surface area contributed by atoms with E-state index in [1.54, 1.807) is 19.2 Å². The summed E-state index contributed by atoms with van der Waals surface area (Å²) in [5.41, 5.74) is 2.70. The first-order chi connectivity index (χ1) is 14.3. The van der Waals surface area contributed by atoms with Gasteiger partial charge in [-0.1, -0.05) is 53.2 Å². The van der Waals surface area contributed by atoms with E-state index in [4.69, 9.17) is 40.2 Å². The number of carbonyl (C=O) groups is 1. The maximum absolute atomic E-state index is 12.4. The molecule has 0 aliphatic carbocycles. The summed E-state index contributed by atoms with van der Waals surface area (Å²) in [6.45, 7) is 6.27. The van der Waals surface area contributed by atoms with E-state index < -0.39 is 0 Å². The highest BCUT2D eigenvalue weighted by atomic mass is 35.5. The number of nitrogens with zero attached hydrogens (tertiary/aromatic N) is 2. The molecule has 4 nitrogen and oxygen atoms in total. The van der Waals surface area contributed by atoms with Gasteiger partial charge >= 0.3 is 0 Å². The van der Waals surface area contributed by atoms with Crippen LogP contribution in [0.5, 0.6) is 5.75 Å². The van der Waals surface area contributed by atoms with Gasteiger partial charge in [0.05, 0.1) is 4.91 Å². The zero-order valence-corrected chi connectivity index (χ0v) is 20.1. The Balaban J connectivity index is 1.95. The molecule has 0 saturated carbocycles. The third kappa shape index (κ3) is 5.11. The molecule has 1 saturated heterocycles. The average Bonchev–Trinajstić information content (AvgIpc) is 2.96. The molecule has 30 heavy (non-hydrogen) atoms. The van der Waals surface area contributed by atoms with Crippen molar-refractivity contribution in [2.45, 2.75) is 20.5 Å². The number of hydrogen-bond acceptors (Lipinski definition) is 5. The summed E-state index contributed by atoms with van der Waals surface area (Å²) in [7, 11) is 1.68. The molecule has 0 spiro atoms. The molecule has 1 aliphatic heterocycles. The summed E-state index contributed by atoms with van der Waals surface area (Å²) < 4.78 is 6.70. The van der Waals surface area contributed by atoms with Crippen molar-refractivity contribution >= 4 is 69.2 Å². The number of rotatable bonds is 7. The fourth-order valence-electron chi connectivity index (χ4n) is 3.03. The second kappa shape index (κ2) is 10.1. The monoisotopic (exact) mass is 480 g/mol. The van der Waals surface area contributed by atoms with Gasteiger partial charge in [0.25, 0.3) is 5.91 Å². The van der Waals surface area contributed by atoms with Crippen molar-refractivity contribution in [3.05, 3.63) is 62.5 Å². The van der Waals surface area contributed by atoms with Crippen LogP contribution in [0.2, 0.25) is 10.0 Å². The van der Waals surface area contributed by atoms with Crippen molar-refractivity contribution in [3.8, 4) is 5.75 Å². The molecule has 0 bridgehead atoms. The van der Waals surface area contributed by atoms with Crippen molar-refractivity contribution in [2.75, 3.05) is 25.0 Å². The number of hydrogen-bond donors (Lipinski definition) is 0. The van der Waals surface area contributed by atoms with E-state index in [1.165, 1.54) is 16.7 Å². The minimum Gasteiger partial charge on any atom is -0.488 e. The summed E-state index contributed by atoms with van der Waals surface area (Å²) >= 11 is 18.8. The molecule has 0 unspecified atom stereocenters. The van der Waals surface area contributed by atoms with Crippen molar-refractivity contribution in [1.29, 1.82) is 0 Å². The molecule has 2 aromatic carbocycles. The van der Waals surface area contributed by atoms with Gasteiger partial charge in [-0.2, -0.15) is 0 Å². The van der Waals surface area contributed by atoms with Gasteiger partial charge in [-0.3, -0.25) is 9.69 Å². The number of thioether (sulfide) groups is 1. The summed E-state index contributed by atoms with van der Waals surface area (Å²) in [5.74, 6) is 0.566. The number of benzene rings is 2. The average molecular weight is 481 g/mol. The number of ether oxygens (including phenoxy) is 1. The Morgan fingerprint density at radius 1 is 1.17 bits per heavy atom. The highest BCUT2D eigenvalue weighted by Crippen LogP contribution is 2.35. The molecule has 158 valence electrons. The summed E-state index contributed by atoms with van der Waals surface area (Å²) in [5, 5.41) is 1.13. The van der Waals surface area contributed by atoms with E-state index in [9.17, 15) is 4.79 Å². The van der Waals surface area contributed by atoms with Gasteiger partial charge in [0.1, 0.15) is 16.7 Å². The maximum atomic E-state index is 12.4.